The van der Waals surface area contributed by atoms with Gasteiger partial charge in [-0.05, 0) is 6.92 Å². The molecule has 1 atom stereocenters. The number of aryl methyl sites for hydroxylation is 1. The molecule has 0 spiro atoms. The lowest BCUT2D eigenvalue weighted by atomic mass is 10.4. The molecule has 0 aromatic carbocycles. The Kier molecular flexibility index (Phi) is 5.22. The molecule has 0 amide bonds. The van der Waals surface area contributed by atoms with E-state index in [0.717, 1.165) is 0 Å². The van der Waals surface area contributed by atoms with Crippen LogP contribution >= 0.6 is 12.4 Å². The van der Waals surface area contributed by atoms with Crippen LogP contribution in [0.25, 0.3) is 0 Å². The van der Waals surface area contributed by atoms with E-state index in [1.54, 1.807) is 14.0 Å². The Morgan fingerprint density at radius 3 is 2.67 bits per heavy atom. The molecule has 0 bridgehead atoms. The summed E-state index contributed by atoms with van der Waals surface area (Å²) in [6.45, 7) is 1.97. The van der Waals surface area contributed by atoms with Gasteiger partial charge in [0.05, 0.1) is 6.20 Å². The zero-order valence-electron chi connectivity index (χ0n) is 8.54. The smallest absolute Gasteiger partial charge is 0.243 e. The fourth-order valence-electron chi connectivity index (χ4n) is 0.919. The van der Waals surface area contributed by atoms with Crippen LogP contribution in [-0.2, 0) is 17.1 Å². The van der Waals surface area contributed by atoms with Crippen LogP contribution in [0, 0.1) is 0 Å². The third kappa shape index (κ3) is 3.78. The predicted octanol–water partition coefficient (Wildman–Crippen LogP) is -0.533. The van der Waals surface area contributed by atoms with Crippen LogP contribution in [0.4, 0.5) is 0 Å². The molecule has 0 radical (unpaired) electrons. The fraction of sp³-hybridized carbons (Fsp3) is 0.571. The first-order valence-electron chi connectivity index (χ1n) is 4.17. The van der Waals surface area contributed by atoms with Gasteiger partial charge in [0.2, 0.25) is 10.0 Å². The molecular formula is C7H15ClN4O2S. The van der Waals surface area contributed by atoms with Crippen LogP contribution < -0.4 is 10.5 Å². The van der Waals surface area contributed by atoms with Crippen molar-refractivity contribution >= 4 is 22.4 Å². The summed E-state index contributed by atoms with van der Waals surface area (Å²) in [7, 11) is -1.81. The van der Waals surface area contributed by atoms with Gasteiger partial charge in [0, 0.05) is 25.8 Å². The van der Waals surface area contributed by atoms with Gasteiger partial charge in [0.15, 0.2) is 0 Å². The zero-order valence-corrected chi connectivity index (χ0v) is 10.2. The van der Waals surface area contributed by atoms with Gasteiger partial charge in [-0.15, -0.1) is 12.4 Å². The van der Waals surface area contributed by atoms with E-state index >= 15 is 0 Å². The number of rotatable bonds is 4. The predicted molar refractivity (Wildman–Crippen MR) is 59.3 cm³/mol. The van der Waals surface area contributed by atoms with Gasteiger partial charge in [0.25, 0.3) is 0 Å². The fourth-order valence-corrected chi connectivity index (χ4v) is 2.16. The average Bonchev–Trinajstić information content (AvgIpc) is 2.51. The Morgan fingerprint density at radius 1 is 1.67 bits per heavy atom. The van der Waals surface area contributed by atoms with Crippen molar-refractivity contribution in [3.63, 3.8) is 0 Å². The van der Waals surface area contributed by atoms with Crippen molar-refractivity contribution in [2.45, 2.75) is 17.9 Å². The molecule has 0 saturated carbocycles. The normalized spacial score (nSPS) is 13.3. The van der Waals surface area contributed by atoms with Crippen LogP contribution in [0.3, 0.4) is 0 Å². The summed E-state index contributed by atoms with van der Waals surface area (Å²) in [4.78, 5) is 0.153. The number of nitrogens with two attached hydrogens (primary N) is 1. The van der Waals surface area contributed by atoms with E-state index in [9.17, 15) is 8.42 Å². The van der Waals surface area contributed by atoms with Crippen LogP contribution in [0.15, 0.2) is 17.3 Å². The standard InChI is InChI=1S/C7H14N4O2S.ClH/c1-6(3-8)10-14(12,13)7-4-9-11(2)5-7;/h4-6,10H,3,8H2,1-2H3;1H/t6-;/m1./s1. The quantitative estimate of drug-likeness (QED) is 0.756. The van der Waals surface area contributed by atoms with Crippen molar-refractivity contribution in [1.29, 1.82) is 0 Å². The molecule has 1 rings (SSSR count). The van der Waals surface area contributed by atoms with Crippen LogP contribution in [0.1, 0.15) is 6.92 Å². The minimum absolute atomic E-state index is 0. The number of halogens is 1. The Bertz CT molecular complexity index is 403. The molecule has 0 saturated heterocycles. The number of nitrogens with one attached hydrogen (secondary N) is 1. The summed E-state index contributed by atoms with van der Waals surface area (Å²) in [6, 6.07) is -0.278. The summed E-state index contributed by atoms with van der Waals surface area (Å²) in [6.07, 6.45) is 2.73. The third-order valence-electron chi connectivity index (χ3n) is 1.70. The summed E-state index contributed by atoms with van der Waals surface area (Å²) in [5, 5.41) is 3.78. The second kappa shape index (κ2) is 5.45. The highest BCUT2D eigenvalue weighted by Crippen LogP contribution is 2.06. The minimum atomic E-state index is -3.46. The number of hydrogen-bond acceptors (Lipinski definition) is 4. The lowest BCUT2D eigenvalue weighted by Gasteiger charge is -2.09. The van der Waals surface area contributed by atoms with Gasteiger partial charge < -0.3 is 5.73 Å². The number of nitrogens with zero attached hydrogens (tertiary/aromatic N) is 2. The van der Waals surface area contributed by atoms with E-state index in [-0.39, 0.29) is 29.9 Å². The molecule has 15 heavy (non-hydrogen) atoms. The lowest BCUT2D eigenvalue weighted by molar-refractivity contribution is 0.562. The number of hydrogen-bond donors (Lipinski definition) is 2. The zero-order chi connectivity index (χ0) is 10.8. The summed E-state index contributed by atoms with van der Waals surface area (Å²) in [5.74, 6) is 0. The molecule has 0 aliphatic rings. The van der Waals surface area contributed by atoms with Gasteiger partial charge >= 0.3 is 0 Å². The van der Waals surface area contributed by atoms with Gasteiger partial charge in [-0.1, -0.05) is 0 Å². The molecule has 3 N–H and O–H groups in total. The first-order chi connectivity index (χ1) is 6.45. The molecule has 0 fully saturated rings. The lowest BCUT2D eigenvalue weighted by Crippen LogP contribution is -2.37. The molecular weight excluding hydrogens is 240 g/mol. The Balaban J connectivity index is 0.00000196. The Labute approximate surface area is 95.3 Å². The van der Waals surface area contributed by atoms with Crippen LogP contribution in [0.5, 0.6) is 0 Å². The first kappa shape index (κ1) is 14.4. The Morgan fingerprint density at radius 2 is 2.27 bits per heavy atom. The van der Waals surface area contributed by atoms with E-state index < -0.39 is 10.0 Å². The molecule has 1 aromatic rings. The molecule has 6 nitrogen and oxygen atoms in total. The topological polar surface area (TPSA) is 90.0 Å². The van der Waals surface area contributed by atoms with Crippen molar-refractivity contribution in [2.75, 3.05) is 6.54 Å². The van der Waals surface area contributed by atoms with E-state index in [1.165, 1.54) is 17.1 Å². The van der Waals surface area contributed by atoms with Gasteiger partial charge in [-0.2, -0.15) is 5.10 Å². The summed E-state index contributed by atoms with van der Waals surface area (Å²) >= 11 is 0. The van der Waals surface area contributed by atoms with Gasteiger partial charge in [-0.3, -0.25) is 4.68 Å². The van der Waals surface area contributed by atoms with E-state index in [1.807, 2.05) is 0 Å². The second-order valence-electron chi connectivity index (χ2n) is 3.11. The molecule has 0 aliphatic heterocycles. The first-order valence-corrected chi connectivity index (χ1v) is 5.65. The van der Waals surface area contributed by atoms with E-state index in [2.05, 4.69) is 9.82 Å². The monoisotopic (exact) mass is 254 g/mol. The molecule has 0 aliphatic carbocycles. The summed E-state index contributed by atoms with van der Waals surface area (Å²) in [5.41, 5.74) is 5.31. The van der Waals surface area contributed by atoms with Gasteiger partial charge in [-0.25, -0.2) is 13.1 Å². The largest absolute Gasteiger partial charge is 0.329 e. The summed E-state index contributed by atoms with van der Waals surface area (Å²) < 4.78 is 27.1. The molecule has 1 aromatic heterocycles. The molecule has 8 heteroatoms. The molecule has 1 heterocycles. The average molecular weight is 255 g/mol. The third-order valence-corrected chi connectivity index (χ3v) is 3.25. The van der Waals surface area contributed by atoms with Crippen molar-refractivity contribution in [1.82, 2.24) is 14.5 Å². The van der Waals surface area contributed by atoms with E-state index in [0.29, 0.717) is 0 Å². The van der Waals surface area contributed by atoms with Crippen molar-refractivity contribution in [3.8, 4) is 0 Å². The second-order valence-corrected chi connectivity index (χ2v) is 4.82. The highest BCUT2D eigenvalue weighted by Gasteiger charge is 2.17. The maximum Gasteiger partial charge on any atom is 0.243 e. The SMILES string of the molecule is C[C@H](CN)NS(=O)(=O)c1cnn(C)c1.Cl. The maximum absolute atomic E-state index is 11.6. The molecule has 88 valence electrons. The highest BCUT2D eigenvalue weighted by molar-refractivity contribution is 7.89. The molecule has 0 unspecified atom stereocenters. The van der Waals surface area contributed by atoms with Crippen LogP contribution in [-0.4, -0.2) is 30.8 Å². The van der Waals surface area contributed by atoms with E-state index in [4.69, 9.17) is 5.73 Å². The maximum atomic E-state index is 11.6. The van der Waals surface area contributed by atoms with Gasteiger partial charge in [0.1, 0.15) is 4.90 Å². The number of sulfonamides is 1. The Hall–Kier alpha value is -0.630. The number of aromatic nitrogens is 2. The minimum Gasteiger partial charge on any atom is -0.329 e. The van der Waals surface area contributed by atoms with Crippen molar-refractivity contribution < 1.29 is 8.42 Å². The van der Waals surface area contributed by atoms with Crippen molar-refractivity contribution in [3.05, 3.63) is 12.4 Å². The van der Waals surface area contributed by atoms with Crippen LogP contribution in [0.2, 0.25) is 0 Å². The van der Waals surface area contributed by atoms with Crippen molar-refractivity contribution in [2.24, 2.45) is 12.8 Å². The highest BCUT2D eigenvalue weighted by atomic mass is 35.5.